The van der Waals surface area contributed by atoms with E-state index >= 15 is 0 Å². The van der Waals surface area contributed by atoms with Gasteiger partial charge in [-0.25, -0.2) is 10.5 Å². The number of hydroxylamine groups is 1. The molecule has 4 N–H and O–H groups in total. The average molecular weight is 523 g/mol. The van der Waals surface area contributed by atoms with E-state index in [9.17, 15) is 9.59 Å². The van der Waals surface area contributed by atoms with Crippen LogP contribution in [0.15, 0.2) is 60.8 Å². The number of nitrogens with one attached hydrogen (secondary N) is 3. The first-order valence-electron chi connectivity index (χ1n) is 13.3. The number of hydrogen-bond donors (Lipinski definition) is 4. The van der Waals surface area contributed by atoms with Crippen molar-refractivity contribution in [1.82, 2.24) is 20.8 Å². The Hall–Kier alpha value is -3.65. The van der Waals surface area contributed by atoms with Crippen molar-refractivity contribution in [3.05, 3.63) is 72.2 Å². The maximum absolute atomic E-state index is 12.4. The molecule has 8 heteroatoms. The average Bonchev–Trinajstić information content (AvgIpc) is 3.40. The highest BCUT2D eigenvalue weighted by Crippen LogP contribution is 2.18. The van der Waals surface area contributed by atoms with Crippen LogP contribution in [0.25, 0.3) is 11.3 Å². The molecule has 3 rings (SSSR count). The number of unbranched alkanes of at least 4 members (excludes halogenated alkanes) is 2. The number of carbonyl (C=O) groups excluding carboxylic acids is 2. The molecule has 1 aromatic heterocycles. The van der Waals surface area contributed by atoms with E-state index in [0.717, 1.165) is 30.0 Å². The molecule has 0 aliphatic carbocycles. The van der Waals surface area contributed by atoms with Crippen molar-refractivity contribution in [3.8, 4) is 17.0 Å². The molecule has 0 saturated heterocycles. The van der Waals surface area contributed by atoms with Gasteiger partial charge in [0.05, 0.1) is 25.0 Å². The Morgan fingerprint density at radius 3 is 2.39 bits per heavy atom. The molecule has 2 amide bonds. The number of rotatable bonds is 13. The maximum atomic E-state index is 12.4. The lowest BCUT2D eigenvalue weighted by molar-refractivity contribution is -0.135. The summed E-state index contributed by atoms with van der Waals surface area (Å²) in [7, 11) is 0. The molecule has 0 unspecified atom stereocenters. The molecule has 1 atom stereocenters. The van der Waals surface area contributed by atoms with Gasteiger partial charge in [0.2, 0.25) is 11.8 Å². The summed E-state index contributed by atoms with van der Waals surface area (Å²) in [5.74, 6) is 0.607. The van der Waals surface area contributed by atoms with Gasteiger partial charge >= 0.3 is 0 Å². The molecular formula is C30H42N4O4. The number of aryl methyl sites for hydroxylation is 1. The minimum atomic E-state index is -0.565. The summed E-state index contributed by atoms with van der Waals surface area (Å²) in [6.07, 6.45) is 5.90. The number of benzene rings is 2. The van der Waals surface area contributed by atoms with E-state index in [1.165, 1.54) is 18.4 Å². The van der Waals surface area contributed by atoms with Crippen molar-refractivity contribution in [2.45, 2.75) is 66.3 Å². The van der Waals surface area contributed by atoms with Gasteiger partial charge in [-0.1, -0.05) is 81.6 Å². The summed E-state index contributed by atoms with van der Waals surface area (Å²) < 4.78 is 5.56. The number of nitrogens with zero attached hydrogens (tertiary/aromatic N) is 1. The van der Waals surface area contributed by atoms with Crippen molar-refractivity contribution >= 4 is 11.8 Å². The van der Waals surface area contributed by atoms with Crippen molar-refractivity contribution in [2.24, 2.45) is 11.8 Å². The molecule has 0 aliphatic rings. The van der Waals surface area contributed by atoms with Crippen LogP contribution in [0.4, 0.5) is 0 Å². The van der Waals surface area contributed by atoms with Crippen LogP contribution in [0.3, 0.4) is 0 Å². The van der Waals surface area contributed by atoms with Crippen molar-refractivity contribution in [2.75, 3.05) is 6.61 Å². The zero-order valence-electron chi connectivity index (χ0n) is 23.0. The molecule has 3 aromatic rings. The summed E-state index contributed by atoms with van der Waals surface area (Å²) >= 11 is 0. The van der Waals surface area contributed by atoms with E-state index in [1.807, 2.05) is 56.3 Å². The van der Waals surface area contributed by atoms with Crippen LogP contribution in [0.5, 0.6) is 5.75 Å². The van der Waals surface area contributed by atoms with Crippen molar-refractivity contribution in [3.63, 3.8) is 0 Å². The van der Waals surface area contributed by atoms with E-state index in [2.05, 4.69) is 41.3 Å². The highest BCUT2D eigenvalue weighted by Gasteiger charge is 2.23. The molecule has 0 saturated carbocycles. The smallest absolute Gasteiger partial charge is 0.244 e. The van der Waals surface area contributed by atoms with E-state index in [1.54, 1.807) is 11.7 Å². The fourth-order valence-electron chi connectivity index (χ4n) is 3.83. The van der Waals surface area contributed by atoms with Gasteiger partial charge in [0.25, 0.3) is 0 Å². The number of aromatic nitrogens is 2. The summed E-state index contributed by atoms with van der Waals surface area (Å²) in [6.45, 7) is 9.34. The van der Waals surface area contributed by atoms with Gasteiger partial charge in [-0.15, -0.1) is 0 Å². The van der Waals surface area contributed by atoms with Crippen LogP contribution in [0, 0.1) is 18.8 Å². The Kier molecular flexibility index (Phi) is 13.7. The minimum absolute atomic E-state index is 0.0477. The highest BCUT2D eigenvalue weighted by atomic mass is 16.5. The van der Waals surface area contributed by atoms with Gasteiger partial charge < -0.3 is 15.0 Å². The van der Waals surface area contributed by atoms with E-state index in [4.69, 9.17) is 9.94 Å². The predicted octanol–water partition coefficient (Wildman–Crippen LogP) is 5.81. The third-order valence-corrected chi connectivity index (χ3v) is 5.86. The molecule has 0 fully saturated rings. The number of ether oxygens (including phenoxy) is 1. The van der Waals surface area contributed by atoms with E-state index < -0.39 is 11.8 Å². The Morgan fingerprint density at radius 1 is 1.05 bits per heavy atom. The standard InChI is InChI=1S/C18H24N4O3.C12H18O/c1-12(2)8-14(9-17(23)22-25)18(24)20-11-16-19-10-15(21-16)13-6-4-3-5-7-13;1-3-4-5-10-13-12-8-6-11(2)7-9-12/h3-7,10,12,14,25H,8-9,11H2,1-2H3,(H,19,21)(H,20,24)(H,22,23);6-9H,3-5,10H2,1-2H3/t14-;/m1./s1. The molecule has 0 spiro atoms. The summed E-state index contributed by atoms with van der Waals surface area (Å²) in [4.78, 5) is 31.2. The van der Waals surface area contributed by atoms with Crippen LogP contribution in [0.2, 0.25) is 0 Å². The van der Waals surface area contributed by atoms with Crippen LogP contribution in [-0.4, -0.2) is 33.6 Å². The number of H-pyrrole nitrogens is 1. The first-order chi connectivity index (χ1) is 18.3. The van der Waals surface area contributed by atoms with E-state index in [-0.39, 0.29) is 24.8 Å². The molecular weight excluding hydrogens is 480 g/mol. The largest absolute Gasteiger partial charge is 0.494 e. The summed E-state index contributed by atoms with van der Waals surface area (Å²) in [6, 6.07) is 18.0. The van der Waals surface area contributed by atoms with Crippen molar-refractivity contribution < 1.29 is 19.5 Å². The molecule has 206 valence electrons. The molecule has 0 bridgehead atoms. The SMILES string of the molecule is CC(C)C[C@H](CC(=O)NO)C(=O)NCc1ncc(-c2ccccc2)[nH]1.CCCCCOc1ccc(C)cc1. The van der Waals surface area contributed by atoms with E-state index in [0.29, 0.717) is 12.2 Å². The van der Waals surface area contributed by atoms with Gasteiger partial charge in [-0.2, -0.15) is 0 Å². The number of aromatic amines is 1. The zero-order valence-corrected chi connectivity index (χ0v) is 23.0. The molecule has 8 nitrogen and oxygen atoms in total. The predicted molar refractivity (Wildman–Crippen MR) is 150 cm³/mol. The minimum Gasteiger partial charge on any atom is -0.494 e. The van der Waals surface area contributed by atoms with Crippen LogP contribution in [-0.2, 0) is 16.1 Å². The normalized spacial score (nSPS) is 11.3. The molecule has 0 aliphatic heterocycles. The van der Waals surface area contributed by atoms with Crippen LogP contribution >= 0.6 is 0 Å². The highest BCUT2D eigenvalue weighted by molar-refractivity contribution is 5.85. The lowest BCUT2D eigenvalue weighted by Gasteiger charge is -2.17. The monoisotopic (exact) mass is 522 g/mol. The summed E-state index contributed by atoms with van der Waals surface area (Å²) in [5, 5.41) is 11.5. The first-order valence-corrected chi connectivity index (χ1v) is 13.3. The Labute approximate surface area is 226 Å². The summed E-state index contributed by atoms with van der Waals surface area (Å²) in [5.41, 5.74) is 4.76. The first kappa shape index (κ1) is 30.6. The number of imidazole rings is 1. The lowest BCUT2D eigenvalue weighted by Crippen LogP contribution is -2.35. The fourth-order valence-corrected chi connectivity index (χ4v) is 3.83. The van der Waals surface area contributed by atoms with Gasteiger partial charge in [-0.3, -0.25) is 14.8 Å². The van der Waals surface area contributed by atoms with Gasteiger partial charge in [0, 0.05) is 12.3 Å². The molecule has 1 heterocycles. The topological polar surface area (TPSA) is 116 Å². The second kappa shape index (κ2) is 17.0. The quantitative estimate of drug-likeness (QED) is 0.128. The fraction of sp³-hybridized carbons (Fsp3) is 0.433. The van der Waals surface area contributed by atoms with Gasteiger partial charge in [0.15, 0.2) is 0 Å². The second-order valence-electron chi connectivity index (χ2n) is 9.76. The Bertz CT molecular complexity index is 1080. The van der Waals surface area contributed by atoms with Gasteiger partial charge in [-0.05, 0) is 43.4 Å². The second-order valence-corrected chi connectivity index (χ2v) is 9.76. The Balaban J connectivity index is 0.000000328. The zero-order chi connectivity index (χ0) is 27.8. The number of carbonyl (C=O) groups is 2. The van der Waals surface area contributed by atoms with Crippen LogP contribution in [0.1, 0.15) is 64.3 Å². The van der Waals surface area contributed by atoms with Gasteiger partial charge in [0.1, 0.15) is 11.6 Å². The van der Waals surface area contributed by atoms with Crippen molar-refractivity contribution in [1.29, 1.82) is 0 Å². The molecule has 2 aromatic carbocycles. The maximum Gasteiger partial charge on any atom is 0.244 e. The third kappa shape index (κ3) is 11.6. The van der Waals surface area contributed by atoms with Crippen LogP contribution < -0.4 is 15.5 Å². The number of hydrogen-bond acceptors (Lipinski definition) is 5. The number of amides is 2. The molecule has 0 radical (unpaired) electrons. The third-order valence-electron chi connectivity index (χ3n) is 5.86. The molecule has 38 heavy (non-hydrogen) atoms. The Morgan fingerprint density at radius 2 is 1.76 bits per heavy atom. The lowest BCUT2D eigenvalue weighted by atomic mass is 9.93.